The molecule has 2 heterocycles. The second kappa shape index (κ2) is 15.5. The van der Waals surface area contributed by atoms with E-state index in [1.807, 2.05) is 30.3 Å². The van der Waals surface area contributed by atoms with Gasteiger partial charge in [0.15, 0.2) is 0 Å². The molecular weight excluding hydrogens is 606 g/mol. The fourth-order valence-corrected chi connectivity index (χ4v) is 12.4. The van der Waals surface area contributed by atoms with Gasteiger partial charge in [-0.1, -0.05) is 95.9 Å². The van der Waals surface area contributed by atoms with E-state index in [4.69, 9.17) is 4.74 Å². The van der Waals surface area contributed by atoms with Gasteiger partial charge in [-0.2, -0.15) is 0 Å². The molecule has 0 spiro atoms. The third-order valence-corrected chi connectivity index (χ3v) is 15.3. The first kappa shape index (κ1) is 37.1. The molecule has 1 aromatic carbocycles. The summed E-state index contributed by atoms with van der Waals surface area (Å²) in [5.74, 6) is 4.60. The SMILES string of the molecule is CC(C)CCC[C@@H](C)[C@H]1CC[C@H]2[C@@H]3CC=C4C[C@@H](O)CC[C@]4(C)[C@H]3CC[C@]12C.CN1[C@@H]2CC[C@H]1CC(OC(=O)C(CO)c1ccccc1)C2. The third kappa shape index (κ3) is 7.61. The van der Waals surface area contributed by atoms with Gasteiger partial charge < -0.3 is 19.8 Å². The molecule has 3 saturated carbocycles. The summed E-state index contributed by atoms with van der Waals surface area (Å²) >= 11 is 0. The first-order chi connectivity index (χ1) is 23.4. The number of carbonyl (C=O) groups is 1. The summed E-state index contributed by atoms with van der Waals surface area (Å²) in [6.45, 7) is 12.4. The van der Waals surface area contributed by atoms with Gasteiger partial charge in [-0.3, -0.25) is 4.79 Å². The zero-order valence-corrected chi connectivity index (χ0v) is 31.8. The number of allylic oxidation sites excluding steroid dienone is 1. The zero-order valence-electron chi connectivity index (χ0n) is 31.8. The number of nitrogens with zero attached hydrogens (tertiary/aromatic N) is 1. The molecule has 274 valence electrons. The second-order valence-electron chi connectivity index (χ2n) is 18.4. The predicted octanol–water partition coefficient (Wildman–Crippen LogP) is 9.32. The molecule has 49 heavy (non-hydrogen) atoms. The highest BCUT2D eigenvalue weighted by atomic mass is 16.5. The molecule has 5 heteroatoms. The number of aliphatic hydroxyl groups is 2. The number of esters is 1. The minimum atomic E-state index is -0.566. The quantitative estimate of drug-likeness (QED) is 0.202. The molecule has 0 radical (unpaired) electrons. The normalized spacial score (nSPS) is 39.5. The van der Waals surface area contributed by atoms with Crippen LogP contribution >= 0.6 is 0 Å². The summed E-state index contributed by atoms with van der Waals surface area (Å²) in [5.41, 5.74) is 3.42. The van der Waals surface area contributed by atoms with Crippen LogP contribution in [0.2, 0.25) is 0 Å². The average molecular weight is 676 g/mol. The van der Waals surface area contributed by atoms with E-state index in [1.165, 1.54) is 70.6 Å². The number of ether oxygens (including phenoxy) is 1. The van der Waals surface area contributed by atoms with Gasteiger partial charge in [0.25, 0.3) is 0 Å². The molecule has 6 aliphatic rings. The first-order valence-corrected chi connectivity index (χ1v) is 20.4. The molecular formula is C44H69NO4. The van der Waals surface area contributed by atoms with Crippen LogP contribution in [-0.4, -0.2) is 59.0 Å². The Labute approximate surface area is 298 Å². The van der Waals surface area contributed by atoms with Gasteiger partial charge in [-0.15, -0.1) is 0 Å². The summed E-state index contributed by atoms with van der Waals surface area (Å²) in [6, 6.07) is 10.5. The third-order valence-electron chi connectivity index (χ3n) is 15.3. The highest BCUT2D eigenvalue weighted by Crippen LogP contribution is 2.67. The van der Waals surface area contributed by atoms with E-state index in [0.717, 1.165) is 66.8 Å². The lowest BCUT2D eigenvalue weighted by atomic mass is 9.47. The van der Waals surface area contributed by atoms with Crippen molar-refractivity contribution < 1.29 is 19.7 Å². The lowest BCUT2D eigenvalue weighted by molar-refractivity contribution is -0.155. The van der Waals surface area contributed by atoms with Gasteiger partial charge in [-0.05, 0) is 136 Å². The van der Waals surface area contributed by atoms with Gasteiger partial charge in [0, 0.05) is 12.1 Å². The largest absolute Gasteiger partial charge is 0.462 e. The summed E-state index contributed by atoms with van der Waals surface area (Å²) in [4.78, 5) is 14.8. The maximum atomic E-state index is 12.4. The summed E-state index contributed by atoms with van der Waals surface area (Å²) < 4.78 is 5.70. The highest BCUT2D eigenvalue weighted by Gasteiger charge is 2.59. The predicted molar refractivity (Wildman–Crippen MR) is 199 cm³/mol. The maximum Gasteiger partial charge on any atom is 0.316 e. The molecule has 0 amide bonds. The fourth-order valence-electron chi connectivity index (χ4n) is 12.4. The Hall–Kier alpha value is -1.69. The Morgan fingerprint density at radius 1 is 0.939 bits per heavy atom. The van der Waals surface area contributed by atoms with Crippen LogP contribution in [0.4, 0.5) is 0 Å². The topological polar surface area (TPSA) is 70.0 Å². The summed E-state index contributed by atoms with van der Waals surface area (Å²) in [5, 5.41) is 19.7. The molecule has 2 N–H and O–H groups in total. The molecule has 2 unspecified atom stereocenters. The standard InChI is InChI=1S/C27H46O.C17H23NO3/c1-18(2)7-6-8-19(3)23-11-12-24-22-10-9-20-17-21(28)13-15-26(20,4)25(22)14-16-27(23,24)5;1-18-13-7-8-14(18)10-15(9-13)21-17(20)16(11-19)12-5-3-2-4-6-12/h9,18-19,21-25,28H,6-8,10-17H2,1-5H3;2-6,13-16,19H,7-11H2,1H3/t19-,21+,22+,23-,24+,25+,26+,27-;13-,14+,15?,16?/m1./s1. The van der Waals surface area contributed by atoms with E-state index in [-0.39, 0.29) is 24.8 Å². The van der Waals surface area contributed by atoms with Crippen molar-refractivity contribution in [3.05, 3.63) is 47.5 Å². The molecule has 1 aromatic rings. The van der Waals surface area contributed by atoms with Crippen LogP contribution < -0.4 is 0 Å². The van der Waals surface area contributed by atoms with E-state index in [0.29, 0.717) is 22.9 Å². The van der Waals surface area contributed by atoms with E-state index in [9.17, 15) is 15.0 Å². The average Bonchev–Trinajstić information content (AvgIpc) is 3.51. The first-order valence-electron chi connectivity index (χ1n) is 20.4. The van der Waals surface area contributed by atoms with E-state index >= 15 is 0 Å². The molecule has 5 nitrogen and oxygen atoms in total. The van der Waals surface area contributed by atoms with Gasteiger partial charge >= 0.3 is 5.97 Å². The van der Waals surface area contributed by atoms with Gasteiger partial charge in [0.05, 0.1) is 12.7 Å². The molecule has 4 aliphatic carbocycles. The van der Waals surface area contributed by atoms with E-state index in [1.54, 1.807) is 5.57 Å². The number of aliphatic hydroxyl groups excluding tert-OH is 2. The number of hydrogen-bond acceptors (Lipinski definition) is 5. The Morgan fingerprint density at radius 2 is 1.65 bits per heavy atom. The molecule has 7 rings (SSSR count). The van der Waals surface area contributed by atoms with Gasteiger partial charge in [0.1, 0.15) is 12.0 Å². The van der Waals surface area contributed by atoms with Crippen molar-refractivity contribution in [2.45, 2.75) is 161 Å². The van der Waals surface area contributed by atoms with Crippen LogP contribution in [0.5, 0.6) is 0 Å². The van der Waals surface area contributed by atoms with Crippen molar-refractivity contribution in [2.24, 2.45) is 46.3 Å². The van der Waals surface area contributed by atoms with Crippen LogP contribution in [0.3, 0.4) is 0 Å². The van der Waals surface area contributed by atoms with Gasteiger partial charge in [0.2, 0.25) is 0 Å². The van der Waals surface area contributed by atoms with Crippen LogP contribution in [-0.2, 0) is 9.53 Å². The Morgan fingerprint density at radius 3 is 2.33 bits per heavy atom. The lowest BCUT2D eigenvalue weighted by Gasteiger charge is -2.58. The zero-order chi connectivity index (χ0) is 34.9. The highest BCUT2D eigenvalue weighted by molar-refractivity contribution is 5.78. The number of carbonyl (C=O) groups excluding carboxylic acids is 1. The van der Waals surface area contributed by atoms with Crippen LogP contribution in [0.25, 0.3) is 0 Å². The number of hydrogen-bond donors (Lipinski definition) is 2. The fraction of sp³-hybridized carbons (Fsp3) is 0.795. The lowest BCUT2D eigenvalue weighted by Crippen LogP contribution is -2.50. The molecule has 2 saturated heterocycles. The maximum absolute atomic E-state index is 12.4. The smallest absolute Gasteiger partial charge is 0.316 e. The van der Waals surface area contributed by atoms with Crippen molar-refractivity contribution in [2.75, 3.05) is 13.7 Å². The van der Waals surface area contributed by atoms with Crippen LogP contribution in [0, 0.1) is 46.3 Å². The van der Waals surface area contributed by atoms with E-state index in [2.05, 4.69) is 52.6 Å². The Bertz CT molecular complexity index is 1260. The number of rotatable bonds is 9. The minimum Gasteiger partial charge on any atom is -0.462 e. The minimum absolute atomic E-state index is 0.00367. The van der Waals surface area contributed by atoms with Crippen molar-refractivity contribution >= 4 is 5.97 Å². The van der Waals surface area contributed by atoms with E-state index < -0.39 is 5.92 Å². The van der Waals surface area contributed by atoms with Crippen LogP contribution in [0.15, 0.2) is 42.0 Å². The number of piperidine rings is 1. The monoisotopic (exact) mass is 676 g/mol. The number of benzene rings is 1. The summed E-state index contributed by atoms with van der Waals surface area (Å²) in [6.07, 6.45) is 21.4. The van der Waals surface area contributed by atoms with Crippen molar-refractivity contribution in [1.82, 2.24) is 4.90 Å². The van der Waals surface area contributed by atoms with Gasteiger partial charge in [-0.25, -0.2) is 0 Å². The molecule has 12 atom stereocenters. The number of fused-ring (bicyclic) bond motifs is 7. The van der Waals surface area contributed by atoms with Crippen molar-refractivity contribution in [3.63, 3.8) is 0 Å². The van der Waals surface area contributed by atoms with Crippen molar-refractivity contribution in [3.8, 4) is 0 Å². The second-order valence-corrected chi connectivity index (χ2v) is 18.4. The Kier molecular flexibility index (Phi) is 11.7. The summed E-state index contributed by atoms with van der Waals surface area (Å²) in [7, 11) is 2.17. The molecule has 0 aromatic heterocycles. The Balaban J connectivity index is 0.000000177. The molecule has 2 aliphatic heterocycles. The molecule has 5 fully saturated rings. The van der Waals surface area contributed by atoms with Crippen molar-refractivity contribution in [1.29, 1.82) is 0 Å². The molecule has 2 bridgehead atoms. The van der Waals surface area contributed by atoms with Crippen LogP contribution in [0.1, 0.15) is 142 Å².